The molecule has 2 aromatic heterocycles. The summed E-state index contributed by atoms with van der Waals surface area (Å²) < 4.78 is 11.6. The molecular weight excluding hydrogens is 388 g/mol. The minimum Gasteiger partial charge on any atom is -0.469 e. The van der Waals surface area contributed by atoms with Crippen molar-refractivity contribution in [3.63, 3.8) is 0 Å². The molecule has 0 spiro atoms. The van der Waals surface area contributed by atoms with Crippen molar-refractivity contribution < 1.29 is 14.3 Å². The summed E-state index contributed by atoms with van der Waals surface area (Å²) in [5.41, 5.74) is 4.26. The number of thiophene rings is 1. The zero-order valence-corrected chi connectivity index (χ0v) is 18.1. The third kappa shape index (κ3) is 4.57. The predicted molar refractivity (Wildman–Crippen MR) is 116 cm³/mol. The second-order valence-electron chi connectivity index (χ2n) is 7.04. The number of hydrogen-bond donors (Lipinski definition) is 0. The van der Waals surface area contributed by atoms with Gasteiger partial charge in [0.05, 0.1) is 19.1 Å². The molecular formula is C22H26N2O4S. The average Bonchev–Trinajstić information content (AvgIpc) is 3.14. The summed E-state index contributed by atoms with van der Waals surface area (Å²) in [6, 6.07) is 6.23. The zero-order chi connectivity index (χ0) is 21.0. The van der Waals surface area contributed by atoms with Crippen LogP contribution < -0.4 is 5.56 Å². The molecule has 7 heteroatoms. The lowest BCUT2D eigenvalue weighted by Gasteiger charge is -2.13. The fourth-order valence-corrected chi connectivity index (χ4v) is 4.24. The topological polar surface area (TPSA) is 70.4 Å². The van der Waals surface area contributed by atoms with Gasteiger partial charge in [0, 0.05) is 37.4 Å². The van der Waals surface area contributed by atoms with Crippen molar-refractivity contribution in [2.75, 3.05) is 20.8 Å². The minimum absolute atomic E-state index is 0.0690. The minimum atomic E-state index is -0.281. The van der Waals surface area contributed by atoms with Crippen molar-refractivity contribution in [1.82, 2.24) is 9.55 Å². The lowest BCUT2D eigenvalue weighted by Crippen LogP contribution is -2.26. The van der Waals surface area contributed by atoms with Crippen LogP contribution in [0.15, 0.2) is 28.4 Å². The Balaban J connectivity index is 2.08. The Morgan fingerprint density at radius 1 is 1.21 bits per heavy atom. The number of carbonyl (C=O) groups is 1. The Hall–Kier alpha value is -2.51. The summed E-state index contributed by atoms with van der Waals surface area (Å²) >= 11 is 1.48. The molecule has 0 aliphatic rings. The van der Waals surface area contributed by atoms with Crippen molar-refractivity contribution in [2.24, 2.45) is 0 Å². The van der Waals surface area contributed by atoms with E-state index < -0.39 is 0 Å². The molecule has 0 N–H and O–H groups in total. The molecule has 0 bridgehead atoms. The zero-order valence-electron chi connectivity index (χ0n) is 17.3. The molecule has 3 rings (SSSR count). The van der Waals surface area contributed by atoms with Gasteiger partial charge in [0.15, 0.2) is 0 Å². The van der Waals surface area contributed by atoms with Crippen LogP contribution in [0.1, 0.15) is 29.8 Å². The van der Waals surface area contributed by atoms with E-state index in [9.17, 15) is 9.59 Å². The quantitative estimate of drug-likeness (QED) is 0.523. The third-order valence-corrected chi connectivity index (χ3v) is 5.98. The van der Waals surface area contributed by atoms with Crippen LogP contribution in [0.2, 0.25) is 0 Å². The van der Waals surface area contributed by atoms with Gasteiger partial charge < -0.3 is 9.47 Å². The first-order valence-corrected chi connectivity index (χ1v) is 10.5. The maximum Gasteiger partial charge on any atom is 0.305 e. The predicted octanol–water partition coefficient (Wildman–Crippen LogP) is 3.88. The van der Waals surface area contributed by atoms with E-state index in [-0.39, 0.29) is 17.9 Å². The number of hydrogen-bond acceptors (Lipinski definition) is 6. The van der Waals surface area contributed by atoms with Gasteiger partial charge in [-0.05, 0) is 37.0 Å². The molecule has 0 radical (unpaired) electrons. The molecule has 0 amide bonds. The van der Waals surface area contributed by atoms with E-state index in [1.807, 2.05) is 11.4 Å². The Labute approximate surface area is 174 Å². The summed E-state index contributed by atoms with van der Waals surface area (Å²) in [6.07, 6.45) is 1.32. The summed E-state index contributed by atoms with van der Waals surface area (Å²) in [5.74, 6) is 0.402. The van der Waals surface area contributed by atoms with Crippen molar-refractivity contribution in [1.29, 1.82) is 0 Å². The monoisotopic (exact) mass is 414 g/mol. The number of nitrogens with zero attached hydrogens (tertiary/aromatic N) is 2. The number of aromatic nitrogens is 2. The maximum absolute atomic E-state index is 13.4. The van der Waals surface area contributed by atoms with Gasteiger partial charge in [-0.1, -0.05) is 18.2 Å². The van der Waals surface area contributed by atoms with Gasteiger partial charge >= 0.3 is 5.97 Å². The van der Waals surface area contributed by atoms with E-state index in [0.29, 0.717) is 37.2 Å². The van der Waals surface area contributed by atoms with Gasteiger partial charge in [0.25, 0.3) is 5.56 Å². The van der Waals surface area contributed by atoms with Crippen molar-refractivity contribution in [2.45, 2.75) is 39.7 Å². The fraction of sp³-hybridized carbons (Fsp3) is 0.409. The Morgan fingerprint density at radius 3 is 2.69 bits per heavy atom. The van der Waals surface area contributed by atoms with E-state index in [2.05, 4.69) is 26.0 Å². The van der Waals surface area contributed by atoms with Crippen molar-refractivity contribution in [3.8, 4) is 11.1 Å². The van der Waals surface area contributed by atoms with Crippen molar-refractivity contribution in [3.05, 3.63) is 50.9 Å². The number of aryl methyl sites for hydroxylation is 2. The first-order valence-electron chi connectivity index (χ1n) is 9.60. The highest BCUT2D eigenvalue weighted by molar-refractivity contribution is 7.17. The number of methoxy groups -OCH3 is 2. The smallest absolute Gasteiger partial charge is 0.305 e. The van der Waals surface area contributed by atoms with E-state index in [1.54, 1.807) is 11.7 Å². The van der Waals surface area contributed by atoms with E-state index in [4.69, 9.17) is 14.5 Å². The Kier molecular flexibility index (Phi) is 6.82. The highest BCUT2D eigenvalue weighted by Crippen LogP contribution is 2.32. The number of esters is 1. The molecule has 154 valence electrons. The molecule has 0 unspecified atom stereocenters. The molecule has 0 saturated heterocycles. The second kappa shape index (κ2) is 9.33. The van der Waals surface area contributed by atoms with Gasteiger partial charge in [0.1, 0.15) is 10.7 Å². The van der Waals surface area contributed by atoms with Crippen LogP contribution >= 0.6 is 11.3 Å². The molecule has 1 aromatic carbocycles. The fourth-order valence-electron chi connectivity index (χ4n) is 3.29. The molecule has 0 aliphatic heterocycles. The summed E-state index contributed by atoms with van der Waals surface area (Å²) in [6.45, 7) is 5.03. The molecule has 29 heavy (non-hydrogen) atoms. The SMILES string of the molecule is COCCc1nc2scc(-c3ccc(C)c(C)c3)c2c(=O)n1CCCC(=O)OC. The van der Waals surface area contributed by atoms with Gasteiger partial charge in [-0.3, -0.25) is 14.2 Å². The van der Waals surface area contributed by atoms with Gasteiger partial charge in [-0.15, -0.1) is 11.3 Å². The van der Waals surface area contributed by atoms with Crippen LogP contribution in [-0.2, 0) is 27.2 Å². The summed E-state index contributed by atoms with van der Waals surface area (Å²) in [5, 5.41) is 2.64. The normalized spacial score (nSPS) is 11.2. The number of carbonyl (C=O) groups excluding carboxylic acids is 1. The lowest BCUT2D eigenvalue weighted by atomic mass is 10.0. The summed E-state index contributed by atoms with van der Waals surface area (Å²) in [4.78, 5) is 30.4. The standard InChI is InChI=1S/C22H26N2O4S/c1-14-7-8-16(12-15(14)2)17-13-29-21-20(17)22(26)24(10-5-6-19(25)28-4)18(23-21)9-11-27-3/h7-8,12-13H,5-6,9-11H2,1-4H3. The van der Waals surface area contributed by atoms with Crippen LogP contribution in [0.5, 0.6) is 0 Å². The summed E-state index contributed by atoms with van der Waals surface area (Å²) in [7, 11) is 2.99. The van der Waals surface area contributed by atoms with Crippen LogP contribution in [0.4, 0.5) is 0 Å². The molecule has 0 fully saturated rings. The molecule has 0 aliphatic carbocycles. The third-order valence-electron chi connectivity index (χ3n) is 5.11. The van der Waals surface area contributed by atoms with Crippen LogP contribution in [0.25, 0.3) is 21.3 Å². The van der Waals surface area contributed by atoms with Crippen LogP contribution in [0, 0.1) is 13.8 Å². The number of ether oxygens (including phenoxy) is 2. The maximum atomic E-state index is 13.4. The van der Waals surface area contributed by atoms with Crippen LogP contribution in [-0.4, -0.2) is 36.3 Å². The number of benzene rings is 1. The largest absolute Gasteiger partial charge is 0.469 e. The molecule has 6 nitrogen and oxygen atoms in total. The molecule has 0 atom stereocenters. The van der Waals surface area contributed by atoms with E-state index in [0.717, 1.165) is 16.0 Å². The van der Waals surface area contributed by atoms with Gasteiger partial charge in [-0.2, -0.15) is 0 Å². The van der Waals surface area contributed by atoms with E-state index >= 15 is 0 Å². The van der Waals surface area contributed by atoms with Gasteiger partial charge in [0.2, 0.25) is 0 Å². The highest BCUT2D eigenvalue weighted by Gasteiger charge is 2.17. The first-order chi connectivity index (χ1) is 14.0. The highest BCUT2D eigenvalue weighted by atomic mass is 32.1. The molecule has 0 saturated carbocycles. The first kappa shape index (κ1) is 21.2. The Morgan fingerprint density at radius 2 is 2.00 bits per heavy atom. The van der Waals surface area contributed by atoms with Crippen LogP contribution in [0.3, 0.4) is 0 Å². The van der Waals surface area contributed by atoms with E-state index in [1.165, 1.54) is 29.6 Å². The van der Waals surface area contributed by atoms with Gasteiger partial charge in [-0.25, -0.2) is 4.98 Å². The molecule has 2 heterocycles. The number of rotatable bonds is 8. The van der Waals surface area contributed by atoms with Crippen molar-refractivity contribution >= 4 is 27.5 Å². The Bertz CT molecular complexity index is 1080. The lowest BCUT2D eigenvalue weighted by molar-refractivity contribution is -0.140. The second-order valence-corrected chi connectivity index (χ2v) is 7.89. The molecule has 3 aromatic rings. The number of fused-ring (bicyclic) bond motifs is 1. The average molecular weight is 415 g/mol.